The van der Waals surface area contributed by atoms with E-state index in [2.05, 4.69) is 44.3 Å². The lowest BCUT2D eigenvalue weighted by atomic mass is 10.1. The third-order valence-electron chi connectivity index (χ3n) is 2.48. The van der Waals surface area contributed by atoms with Gasteiger partial charge in [-0.25, -0.2) is 0 Å². The summed E-state index contributed by atoms with van der Waals surface area (Å²) >= 11 is 3.55. The second-order valence-corrected chi connectivity index (χ2v) is 4.23. The first-order valence-corrected chi connectivity index (χ1v) is 5.44. The Morgan fingerprint density at radius 3 is 2.73 bits per heavy atom. The Balaban J connectivity index is 2.64. The predicted octanol–water partition coefficient (Wildman–Crippen LogP) is 3.55. The quantitative estimate of drug-likeness (QED) is 0.577. The van der Waals surface area contributed by atoms with Crippen LogP contribution in [0.2, 0.25) is 0 Å². The van der Waals surface area contributed by atoms with E-state index in [1.165, 1.54) is 5.39 Å². The van der Waals surface area contributed by atoms with Gasteiger partial charge in [0, 0.05) is 15.2 Å². The standard InChI is InChI=1S/C12H7BrN2/c13-10-3-1-2-8-4-5-9-6-7-14-15-12(9)11(8)10/h1-7H. The van der Waals surface area contributed by atoms with Crippen molar-refractivity contribution in [3.8, 4) is 0 Å². The third kappa shape index (κ3) is 1.31. The van der Waals surface area contributed by atoms with Gasteiger partial charge in [0.2, 0.25) is 0 Å². The fourth-order valence-electron chi connectivity index (χ4n) is 1.78. The Morgan fingerprint density at radius 2 is 1.80 bits per heavy atom. The monoisotopic (exact) mass is 258 g/mol. The van der Waals surface area contributed by atoms with Crippen LogP contribution in [0.5, 0.6) is 0 Å². The Bertz CT molecular complexity index is 649. The third-order valence-corrected chi connectivity index (χ3v) is 3.14. The lowest BCUT2D eigenvalue weighted by molar-refractivity contribution is 1.08. The van der Waals surface area contributed by atoms with Gasteiger partial charge in [0.05, 0.1) is 6.20 Å². The smallest absolute Gasteiger partial charge is 0.102 e. The summed E-state index contributed by atoms with van der Waals surface area (Å²) in [5.74, 6) is 0. The molecule has 0 fully saturated rings. The summed E-state index contributed by atoms with van der Waals surface area (Å²) in [5, 5.41) is 11.5. The first-order chi connectivity index (χ1) is 7.36. The number of nitrogens with zero attached hydrogens (tertiary/aromatic N) is 2. The minimum absolute atomic E-state index is 0.947. The molecule has 0 saturated heterocycles. The molecule has 0 atom stereocenters. The number of aromatic nitrogens is 2. The van der Waals surface area contributed by atoms with Gasteiger partial charge >= 0.3 is 0 Å². The molecule has 0 unspecified atom stereocenters. The Kier molecular flexibility index (Phi) is 1.92. The van der Waals surface area contributed by atoms with E-state index < -0.39 is 0 Å². The maximum Gasteiger partial charge on any atom is 0.102 e. The summed E-state index contributed by atoms with van der Waals surface area (Å²) in [5.41, 5.74) is 0.947. The van der Waals surface area contributed by atoms with Gasteiger partial charge in [-0.3, -0.25) is 0 Å². The largest absolute Gasteiger partial charge is 0.158 e. The van der Waals surface area contributed by atoms with Crippen LogP contribution in [-0.4, -0.2) is 10.2 Å². The van der Waals surface area contributed by atoms with Gasteiger partial charge in [-0.05, 0) is 17.5 Å². The number of benzene rings is 2. The molecule has 0 spiro atoms. The second kappa shape index (κ2) is 3.28. The van der Waals surface area contributed by atoms with Crippen LogP contribution < -0.4 is 0 Å². The zero-order valence-corrected chi connectivity index (χ0v) is 9.40. The van der Waals surface area contributed by atoms with E-state index in [-0.39, 0.29) is 0 Å². The van der Waals surface area contributed by atoms with E-state index in [9.17, 15) is 0 Å². The molecule has 1 aromatic heterocycles. The van der Waals surface area contributed by atoms with Crippen molar-refractivity contribution < 1.29 is 0 Å². The van der Waals surface area contributed by atoms with Crippen molar-refractivity contribution in [2.45, 2.75) is 0 Å². The van der Waals surface area contributed by atoms with Crippen LogP contribution in [0.4, 0.5) is 0 Å². The molecule has 0 aliphatic heterocycles. The average Bonchev–Trinajstić information content (AvgIpc) is 2.29. The molecule has 1 heterocycles. The molecule has 0 aliphatic carbocycles. The van der Waals surface area contributed by atoms with E-state index in [0.717, 1.165) is 20.8 Å². The van der Waals surface area contributed by atoms with E-state index in [4.69, 9.17) is 0 Å². The molecule has 15 heavy (non-hydrogen) atoms. The van der Waals surface area contributed by atoms with Crippen LogP contribution in [0, 0.1) is 0 Å². The van der Waals surface area contributed by atoms with Crippen LogP contribution in [0.25, 0.3) is 21.7 Å². The van der Waals surface area contributed by atoms with Crippen LogP contribution in [-0.2, 0) is 0 Å². The number of hydrogen-bond donors (Lipinski definition) is 0. The molecule has 72 valence electrons. The summed E-state index contributed by atoms with van der Waals surface area (Å²) in [4.78, 5) is 0. The predicted molar refractivity (Wildman–Crippen MR) is 64.7 cm³/mol. The van der Waals surface area contributed by atoms with Gasteiger partial charge in [0.1, 0.15) is 5.52 Å². The molecule has 2 nitrogen and oxygen atoms in total. The van der Waals surface area contributed by atoms with Crippen LogP contribution in [0.1, 0.15) is 0 Å². The highest BCUT2D eigenvalue weighted by Crippen LogP contribution is 2.29. The van der Waals surface area contributed by atoms with E-state index in [1.807, 2.05) is 18.2 Å². The van der Waals surface area contributed by atoms with Gasteiger partial charge in [0.15, 0.2) is 0 Å². The Morgan fingerprint density at radius 1 is 0.933 bits per heavy atom. The van der Waals surface area contributed by atoms with Crippen LogP contribution in [0.15, 0.2) is 47.1 Å². The number of fused-ring (bicyclic) bond motifs is 3. The van der Waals surface area contributed by atoms with Gasteiger partial charge < -0.3 is 0 Å². The SMILES string of the molecule is Brc1cccc2ccc3ccnnc3c12. The molecular weight excluding hydrogens is 252 g/mol. The van der Waals surface area contributed by atoms with Gasteiger partial charge in [0.25, 0.3) is 0 Å². The second-order valence-electron chi connectivity index (χ2n) is 3.37. The molecule has 2 aromatic carbocycles. The van der Waals surface area contributed by atoms with Crippen molar-refractivity contribution in [2.75, 3.05) is 0 Å². The van der Waals surface area contributed by atoms with Gasteiger partial charge in [-0.15, -0.1) is 5.10 Å². The molecule has 0 radical (unpaired) electrons. The summed E-state index contributed by atoms with van der Waals surface area (Å²) in [6, 6.07) is 12.3. The van der Waals surface area contributed by atoms with Crippen molar-refractivity contribution in [3.63, 3.8) is 0 Å². The zero-order valence-electron chi connectivity index (χ0n) is 7.81. The summed E-state index contributed by atoms with van der Waals surface area (Å²) in [7, 11) is 0. The fraction of sp³-hybridized carbons (Fsp3) is 0. The summed E-state index contributed by atoms with van der Waals surface area (Å²) in [6.07, 6.45) is 1.71. The van der Waals surface area contributed by atoms with Crippen molar-refractivity contribution >= 4 is 37.6 Å². The van der Waals surface area contributed by atoms with Crippen molar-refractivity contribution in [1.29, 1.82) is 0 Å². The molecule has 0 saturated carbocycles. The fourth-order valence-corrected chi connectivity index (χ4v) is 2.35. The lowest BCUT2D eigenvalue weighted by Gasteiger charge is -2.03. The number of rotatable bonds is 0. The maximum atomic E-state index is 4.19. The number of hydrogen-bond acceptors (Lipinski definition) is 2. The molecule has 0 N–H and O–H groups in total. The maximum absolute atomic E-state index is 4.19. The lowest BCUT2D eigenvalue weighted by Crippen LogP contribution is -1.85. The normalized spacial score (nSPS) is 11.0. The Labute approximate surface area is 95.1 Å². The molecule has 0 amide bonds. The highest BCUT2D eigenvalue weighted by atomic mass is 79.9. The Hall–Kier alpha value is -1.48. The molecule has 0 bridgehead atoms. The molecule has 3 heteroatoms. The molecular formula is C12H7BrN2. The highest BCUT2D eigenvalue weighted by Gasteiger charge is 2.04. The minimum atomic E-state index is 0.947. The van der Waals surface area contributed by atoms with Crippen molar-refractivity contribution in [2.24, 2.45) is 0 Å². The number of halogens is 1. The van der Waals surface area contributed by atoms with Crippen molar-refractivity contribution in [1.82, 2.24) is 10.2 Å². The average molecular weight is 259 g/mol. The van der Waals surface area contributed by atoms with Crippen LogP contribution >= 0.6 is 15.9 Å². The van der Waals surface area contributed by atoms with Gasteiger partial charge in [-0.1, -0.05) is 40.2 Å². The molecule has 0 aliphatic rings. The van der Waals surface area contributed by atoms with Crippen LogP contribution in [0.3, 0.4) is 0 Å². The van der Waals surface area contributed by atoms with E-state index in [1.54, 1.807) is 6.20 Å². The molecule has 3 aromatic rings. The first kappa shape index (κ1) is 8.80. The topological polar surface area (TPSA) is 25.8 Å². The summed E-state index contributed by atoms with van der Waals surface area (Å²) in [6.45, 7) is 0. The summed E-state index contributed by atoms with van der Waals surface area (Å²) < 4.78 is 1.06. The zero-order chi connectivity index (χ0) is 10.3. The molecule has 3 rings (SSSR count). The van der Waals surface area contributed by atoms with Gasteiger partial charge in [-0.2, -0.15) is 5.10 Å². The first-order valence-electron chi connectivity index (χ1n) is 4.65. The highest BCUT2D eigenvalue weighted by molar-refractivity contribution is 9.10. The van der Waals surface area contributed by atoms with Crippen molar-refractivity contribution in [3.05, 3.63) is 47.1 Å². The van der Waals surface area contributed by atoms with E-state index in [0.29, 0.717) is 0 Å². The minimum Gasteiger partial charge on any atom is -0.158 e. The van der Waals surface area contributed by atoms with E-state index >= 15 is 0 Å².